The molecule has 2 aromatic rings. The van der Waals surface area contributed by atoms with Crippen LogP contribution in [-0.4, -0.2) is 20.6 Å². The summed E-state index contributed by atoms with van der Waals surface area (Å²) in [6.45, 7) is 3.58. The molecule has 0 aliphatic rings. The molecule has 0 fully saturated rings. The van der Waals surface area contributed by atoms with Crippen LogP contribution in [0.3, 0.4) is 0 Å². The molecule has 138 valence electrons. The van der Waals surface area contributed by atoms with Gasteiger partial charge in [0.05, 0.1) is 12.3 Å². The van der Waals surface area contributed by atoms with E-state index in [1.165, 1.54) is 18.2 Å². The summed E-state index contributed by atoms with van der Waals surface area (Å²) in [6, 6.07) is 12.4. The summed E-state index contributed by atoms with van der Waals surface area (Å²) in [6.07, 6.45) is 2.52. The standard InChI is InChI=1S/C19H21FN2O3S/c1-13(15-7-9-17(20)10-8-15)11-19(23)21-14(2)16-5-4-6-18(12-16)22-26(3,24)25/h4-12,14,22H,1-3H3,(H,21,23)/b13-11+. The van der Waals surface area contributed by atoms with Crippen LogP contribution in [0.2, 0.25) is 0 Å². The zero-order valence-electron chi connectivity index (χ0n) is 14.8. The molecule has 7 heteroatoms. The second kappa shape index (κ2) is 8.14. The zero-order chi connectivity index (χ0) is 19.3. The van der Waals surface area contributed by atoms with Gasteiger partial charge in [0.25, 0.3) is 0 Å². The zero-order valence-corrected chi connectivity index (χ0v) is 15.6. The monoisotopic (exact) mass is 376 g/mol. The number of nitrogens with one attached hydrogen (secondary N) is 2. The van der Waals surface area contributed by atoms with Gasteiger partial charge in [-0.15, -0.1) is 0 Å². The molecule has 2 aromatic carbocycles. The van der Waals surface area contributed by atoms with Crippen LogP contribution in [0.25, 0.3) is 5.57 Å². The number of carbonyl (C=O) groups is 1. The van der Waals surface area contributed by atoms with Gasteiger partial charge in [0.2, 0.25) is 15.9 Å². The Labute approximate surface area is 153 Å². The fraction of sp³-hybridized carbons (Fsp3) is 0.211. The maximum atomic E-state index is 13.0. The summed E-state index contributed by atoms with van der Waals surface area (Å²) < 4.78 is 38.0. The van der Waals surface area contributed by atoms with Crippen molar-refractivity contribution in [2.24, 2.45) is 0 Å². The third kappa shape index (κ3) is 6.00. The number of benzene rings is 2. The number of sulfonamides is 1. The molecule has 1 unspecified atom stereocenters. The van der Waals surface area contributed by atoms with E-state index in [-0.39, 0.29) is 17.8 Å². The van der Waals surface area contributed by atoms with Crippen LogP contribution in [-0.2, 0) is 14.8 Å². The molecule has 26 heavy (non-hydrogen) atoms. The molecule has 0 saturated carbocycles. The third-order valence-electron chi connectivity index (χ3n) is 3.70. The predicted molar refractivity (Wildman–Crippen MR) is 102 cm³/mol. The largest absolute Gasteiger partial charge is 0.346 e. The van der Waals surface area contributed by atoms with E-state index in [0.29, 0.717) is 11.3 Å². The molecule has 0 heterocycles. The van der Waals surface area contributed by atoms with Crippen LogP contribution in [0.4, 0.5) is 10.1 Å². The fourth-order valence-corrected chi connectivity index (χ4v) is 2.97. The van der Waals surface area contributed by atoms with Crippen molar-refractivity contribution in [2.45, 2.75) is 19.9 Å². The molecule has 1 atom stereocenters. The number of hydrogen-bond acceptors (Lipinski definition) is 3. The van der Waals surface area contributed by atoms with Crippen molar-refractivity contribution in [1.29, 1.82) is 0 Å². The molecule has 5 nitrogen and oxygen atoms in total. The SMILES string of the molecule is C/C(=C\C(=O)NC(C)c1cccc(NS(C)(=O)=O)c1)c1ccc(F)cc1. The minimum atomic E-state index is -3.37. The van der Waals surface area contributed by atoms with Crippen LogP contribution in [0.1, 0.15) is 31.0 Å². The van der Waals surface area contributed by atoms with Gasteiger partial charge in [-0.2, -0.15) is 0 Å². The number of amides is 1. The van der Waals surface area contributed by atoms with Crippen molar-refractivity contribution in [1.82, 2.24) is 5.32 Å². The first-order valence-electron chi connectivity index (χ1n) is 7.96. The van der Waals surface area contributed by atoms with Gasteiger partial charge in [0, 0.05) is 11.8 Å². The van der Waals surface area contributed by atoms with E-state index < -0.39 is 10.0 Å². The van der Waals surface area contributed by atoms with Crippen molar-refractivity contribution in [2.75, 3.05) is 11.0 Å². The lowest BCUT2D eigenvalue weighted by molar-refractivity contribution is -0.117. The van der Waals surface area contributed by atoms with E-state index in [4.69, 9.17) is 0 Å². The fourth-order valence-electron chi connectivity index (χ4n) is 2.42. The summed E-state index contributed by atoms with van der Waals surface area (Å²) in [7, 11) is -3.37. The lowest BCUT2D eigenvalue weighted by atomic mass is 10.1. The Morgan fingerprint density at radius 2 is 1.81 bits per heavy atom. The van der Waals surface area contributed by atoms with Crippen LogP contribution in [0.5, 0.6) is 0 Å². The number of rotatable bonds is 6. The van der Waals surface area contributed by atoms with Crippen LogP contribution >= 0.6 is 0 Å². The van der Waals surface area contributed by atoms with Gasteiger partial charge < -0.3 is 5.32 Å². The van der Waals surface area contributed by atoms with E-state index in [9.17, 15) is 17.6 Å². The first-order valence-corrected chi connectivity index (χ1v) is 9.86. The number of anilines is 1. The molecule has 0 spiro atoms. The smallest absolute Gasteiger partial charge is 0.244 e. The lowest BCUT2D eigenvalue weighted by Gasteiger charge is -2.15. The quantitative estimate of drug-likeness (QED) is 0.758. The topological polar surface area (TPSA) is 75.3 Å². The highest BCUT2D eigenvalue weighted by molar-refractivity contribution is 7.92. The van der Waals surface area contributed by atoms with Gasteiger partial charge in [-0.3, -0.25) is 9.52 Å². The second-order valence-corrected chi connectivity index (χ2v) is 7.81. The average Bonchev–Trinajstić information content (AvgIpc) is 2.53. The van der Waals surface area contributed by atoms with Gasteiger partial charge in [-0.25, -0.2) is 12.8 Å². The lowest BCUT2D eigenvalue weighted by Crippen LogP contribution is -2.25. The molecule has 0 aliphatic heterocycles. The highest BCUT2D eigenvalue weighted by atomic mass is 32.2. The van der Waals surface area contributed by atoms with Gasteiger partial charge in [0.1, 0.15) is 5.82 Å². The first kappa shape index (κ1) is 19.7. The summed E-state index contributed by atoms with van der Waals surface area (Å²) in [5.41, 5.74) is 2.67. The predicted octanol–water partition coefficient (Wildman–Crippen LogP) is 3.48. The highest BCUT2D eigenvalue weighted by Gasteiger charge is 2.10. The van der Waals surface area contributed by atoms with Crippen molar-refractivity contribution < 1.29 is 17.6 Å². The molecule has 0 bridgehead atoms. The number of halogens is 1. The average molecular weight is 376 g/mol. The molecular formula is C19H21FN2O3S. The summed E-state index contributed by atoms with van der Waals surface area (Å²) in [5.74, 6) is -0.622. The van der Waals surface area contributed by atoms with E-state index >= 15 is 0 Å². The van der Waals surface area contributed by atoms with E-state index in [1.807, 2.05) is 0 Å². The van der Waals surface area contributed by atoms with E-state index in [0.717, 1.165) is 17.4 Å². The Morgan fingerprint density at radius 1 is 1.15 bits per heavy atom. The Morgan fingerprint density at radius 3 is 2.42 bits per heavy atom. The Balaban J connectivity index is 2.08. The van der Waals surface area contributed by atoms with Crippen LogP contribution < -0.4 is 10.0 Å². The highest BCUT2D eigenvalue weighted by Crippen LogP contribution is 2.19. The molecule has 1 amide bonds. The molecular weight excluding hydrogens is 355 g/mol. The molecule has 0 aromatic heterocycles. The second-order valence-electron chi connectivity index (χ2n) is 6.06. The van der Waals surface area contributed by atoms with E-state index in [2.05, 4.69) is 10.0 Å². The number of allylic oxidation sites excluding steroid dienone is 1. The third-order valence-corrected chi connectivity index (χ3v) is 4.30. The minimum Gasteiger partial charge on any atom is -0.346 e. The molecule has 2 N–H and O–H groups in total. The minimum absolute atomic E-state index is 0.291. The van der Waals surface area contributed by atoms with Crippen molar-refractivity contribution in [3.63, 3.8) is 0 Å². The molecule has 0 saturated heterocycles. The molecule has 2 rings (SSSR count). The maximum Gasteiger partial charge on any atom is 0.244 e. The summed E-state index contributed by atoms with van der Waals surface area (Å²) in [4.78, 5) is 12.2. The molecule has 0 radical (unpaired) electrons. The van der Waals surface area contributed by atoms with Gasteiger partial charge >= 0.3 is 0 Å². The molecule has 0 aliphatic carbocycles. The Kier molecular flexibility index (Phi) is 6.15. The number of carbonyl (C=O) groups excluding carboxylic acids is 1. The van der Waals surface area contributed by atoms with Crippen molar-refractivity contribution >= 4 is 27.2 Å². The van der Waals surface area contributed by atoms with Crippen molar-refractivity contribution in [3.8, 4) is 0 Å². The first-order chi connectivity index (χ1) is 12.1. The van der Waals surface area contributed by atoms with Gasteiger partial charge in [-0.05, 0) is 54.8 Å². The Bertz CT molecular complexity index is 922. The van der Waals surface area contributed by atoms with E-state index in [1.54, 1.807) is 50.2 Å². The van der Waals surface area contributed by atoms with Crippen molar-refractivity contribution in [3.05, 3.63) is 71.6 Å². The normalized spacial score (nSPS) is 13.2. The summed E-state index contributed by atoms with van der Waals surface area (Å²) >= 11 is 0. The van der Waals surface area contributed by atoms with Gasteiger partial charge in [-0.1, -0.05) is 24.3 Å². The van der Waals surface area contributed by atoms with Gasteiger partial charge in [0.15, 0.2) is 0 Å². The van der Waals surface area contributed by atoms with Crippen LogP contribution in [0, 0.1) is 5.82 Å². The Hall–Kier alpha value is -2.67. The maximum absolute atomic E-state index is 13.0. The summed E-state index contributed by atoms with van der Waals surface area (Å²) in [5, 5.41) is 2.83. The number of hydrogen-bond donors (Lipinski definition) is 2. The van der Waals surface area contributed by atoms with Crippen LogP contribution in [0.15, 0.2) is 54.6 Å².